The first kappa shape index (κ1) is 23.7. The highest BCUT2D eigenvalue weighted by atomic mass is 32.2. The molecule has 4 rings (SSSR count). The number of benzene rings is 3. The van der Waals surface area contributed by atoms with Gasteiger partial charge in [-0.1, -0.05) is 96.7 Å². The molecule has 1 heterocycles. The Bertz CT molecular complexity index is 1190. The number of thioether (sulfide) groups is 1. The van der Waals surface area contributed by atoms with Gasteiger partial charge < -0.3 is 10.1 Å². The minimum absolute atomic E-state index is 0.0489. The maximum absolute atomic E-state index is 12.7. The van der Waals surface area contributed by atoms with Gasteiger partial charge in [-0.3, -0.25) is 9.36 Å². The standard InChI is InChI=1S/C27H28N4O2S/c1-20(21-13-15-23(16-14-21)22-9-5-3-6-10-22)28-25(32)19-34-27-30-29-26(31(27)17-18-33-2)24-11-7-4-8-12-24/h3-16,20H,17-19H2,1-2H3,(H,28,32). The molecule has 0 bridgehead atoms. The van der Waals surface area contributed by atoms with Crippen LogP contribution in [0.15, 0.2) is 90.1 Å². The lowest BCUT2D eigenvalue weighted by Gasteiger charge is -2.15. The Labute approximate surface area is 204 Å². The van der Waals surface area contributed by atoms with Gasteiger partial charge in [-0.15, -0.1) is 10.2 Å². The summed E-state index contributed by atoms with van der Waals surface area (Å²) in [7, 11) is 1.67. The van der Waals surface area contributed by atoms with Gasteiger partial charge in [0.05, 0.1) is 24.9 Å². The maximum Gasteiger partial charge on any atom is 0.230 e. The second-order valence-electron chi connectivity index (χ2n) is 7.88. The normalized spacial score (nSPS) is 11.8. The highest BCUT2D eigenvalue weighted by Gasteiger charge is 2.16. The third-order valence-electron chi connectivity index (χ3n) is 5.50. The Balaban J connectivity index is 1.37. The Morgan fingerprint density at radius 1 is 0.912 bits per heavy atom. The van der Waals surface area contributed by atoms with E-state index in [-0.39, 0.29) is 17.7 Å². The van der Waals surface area contributed by atoms with Crippen molar-refractivity contribution in [2.45, 2.75) is 24.7 Å². The SMILES string of the molecule is COCCn1c(SCC(=O)NC(C)c2ccc(-c3ccccc3)cc2)nnc1-c1ccccc1. The van der Waals surface area contributed by atoms with Crippen LogP contribution in [0.4, 0.5) is 0 Å². The summed E-state index contributed by atoms with van der Waals surface area (Å²) in [5.41, 5.74) is 4.38. The molecule has 34 heavy (non-hydrogen) atoms. The van der Waals surface area contributed by atoms with Crippen molar-refractivity contribution < 1.29 is 9.53 Å². The molecule has 1 N–H and O–H groups in total. The topological polar surface area (TPSA) is 69.0 Å². The number of hydrogen-bond acceptors (Lipinski definition) is 5. The van der Waals surface area contributed by atoms with Crippen LogP contribution in [0, 0.1) is 0 Å². The molecule has 0 aliphatic carbocycles. The maximum atomic E-state index is 12.7. The lowest BCUT2D eigenvalue weighted by molar-refractivity contribution is -0.119. The molecule has 0 saturated carbocycles. The summed E-state index contributed by atoms with van der Waals surface area (Å²) in [5.74, 6) is 0.978. The van der Waals surface area contributed by atoms with E-state index in [0.717, 1.165) is 22.5 Å². The fourth-order valence-corrected chi connectivity index (χ4v) is 4.45. The molecular weight excluding hydrogens is 444 g/mol. The highest BCUT2D eigenvalue weighted by molar-refractivity contribution is 7.99. The summed E-state index contributed by atoms with van der Waals surface area (Å²) in [4.78, 5) is 12.7. The van der Waals surface area contributed by atoms with Crippen molar-refractivity contribution in [1.82, 2.24) is 20.1 Å². The molecule has 0 saturated heterocycles. The lowest BCUT2D eigenvalue weighted by atomic mass is 10.0. The lowest BCUT2D eigenvalue weighted by Crippen LogP contribution is -2.28. The molecule has 0 aliphatic heterocycles. The molecule has 0 aliphatic rings. The molecule has 174 valence electrons. The zero-order valence-electron chi connectivity index (χ0n) is 19.3. The highest BCUT2D eigenvalue weighted by Crippen LogP contribution is 2.25. The van der Waals surface area contributed by atoms with E-state index in [1.807, 2.05) is 60.0 Å². The quantitative estimate of drug-likeness (QED) is 0.320. The number of hydrogen-bond donors (Lipinski definition) is 1. The van der Waals surface area contributed by atoms with Crippen LogP contribution < -0.4 is 5.32 Å². The minimum Gasteiger partial charge on any atom is -0.383 e. The molecule has 1 unspecified atom stereocenters. The van der Waals surface area contributed by atoms with Crippen LogP contribution in [0.1, 0.15) is 18.5 Å². The predicted octanol–water partition coefficient (Wildman–Crippen LogP) is 5.23. The summed E-state index contributed by atoms with van der Waals surface area (Å²) >= 11 is 1.38. The molecule has 7 heteroatoms. The second-order valence-corrected chi connectivity index (χ2v) is 8.83. The van der Waals surface area contributed by atoms with Gasteiger partial charge in [0.1, 0.15) is 0 Å². The van der Waals surface area contributed by atoms with Crippen molar-refractivity contribution in [2.24, 2.45) is 0 Å². The van der Waals surface area contributed by atoms with Gasteiger partial charge in [0.2, 0.25) is 5.91 Å². The van der Waals surface area contributed by atoms with Crippen LogP contribution in [-0.2, 0) is 16.1 Å². The summed E-state index contributed by atoms with van der Waals surface area (Å²) in [6.45, 7) is 3.14. The number of methoxy groups -OCH3 is 1. The fourth-order valence-electron chi connectivity index (χ4n) is 3.67. The summed E-state index contributed by atoms with van der Waals surface area (Å²) in [6, 6.07) is 28.4. The van der Waals surface area contributed by atoms with Crippen molar-refractivity contribution in [3.8, 4) is 22.5 Å². The van der Waals surface area contributed by atoms with E-state index in [1.54, 1.807) is 7.11 Å². The van der Waals surface area contributed by atoms with Gasteiger partial charge in [0.25, 0.3) is 0 Å². The summed E-state index contributed by atoms with van der Waals surface area (Å²) in [5, 5.41) is 12.5. The molecule has 1 aromatic heterocycles. The molecule has 0 spiro atoms. The van der Waals surface area contributed by atoms with Crippen LogP contribution in [0.5, 0.6) is 0 Å². The van der Waals surface area contributed by atoms with Crippen LogP contribution >= 0.6 is 11.8 Å². The van der Waals surface area contributed by atoms with Crippen molar-refractivity contribution in [3.05, 3.63) is 90.5 Å². The monoisotopic (exact) mass is 472 g/mol. The van der Waals surface area contributed by atoms with Gasteiger partial charge in [0, 0.05) is 12.7 Å². The van der Waals surface area contributed by atoms with Gasteiger partial charge in [-0.2, -0.15) is 0 Å². The fraction of sp³-hybridized carbons (Fsp3) is 0.222. The molecule has 4 aromatic rings. The van der Waals surface area contributed by atoms with Gasteiger partial charge >= 0.3 is 0 Å². The largest absolute Gasteiger partial charge is 0.383 e. The van der Waals surface area contributed by atoms with E-state index in [0.29, 0.717) is 18.3 Å². The zero-order valence-corrected chi connectivity index (χ0v) is 20.2. The Morgan fingerprint density at radius 3 is 2.18 bits per heavy atom. The van der Waals surface area contributed by atoms with Crippen LogP contribution in [0.25, 0.3) is 22.5 Å². The molecule has 6 nitrogen and oxygen atoms in total. The number of carbonyl (C=O) groups excluding carboxylic acids is 1. The predicted molar refractivity (Wildman–Crippen MR) is 136 cm³/mol. The molecule has 3 aromatic carbocycles. The van der Waals surface area contributed by atoms with Gasteiger partial charge in [-0.05, 0) is 23.6 Å². The van der Waals surface area contributed by atoms with Crippen LogP contribution in [0.3, 0.4) is 0 Å². The van der Waals surface area contributed by atoms with Crippen LogP contribution in [-0.4, -0.2) is 40.1 Å². The first-order chi connectivity index (χ1) is 16.7. The number of ether oxygens (including phenoxy) is 1. The number of amides is 1. The third kappa shape index (κ3) is 5.92. The van der Waals surface area contributed by atoms with E-state index in [2.05, 4.69) is 51.9 Å². The van der Waals surface area contributed by atoms with Crippen molar-refractivity contribution in [3.63, 3.8) is 0 Å². The smallest absolute Gasteiger partial charge is 0.230 e. The first-order valence-electron chi connectivity index (χ1n) is 11.2. The average Bonchev–Trinajstić information content (AvgIpc) is 3.30. The van der Waals surface area contributed by atoms with E-state index in [4.69, 9.17) is 4.74 Å². The van der Waals surface area contributed by atoms with Gasteiger partial charge in [0.15, 0.2) is 11.0 Å². The first-order valence-corrected chi connectivity index (χ1v) is 12.2. The molecule has 0 fully saturated rings. The number of rotatable bonds is 10. The molecule has 0 radical (unpaired) electrons. The van der Waals surface area contributed by atoms with Crippen molar-refractivity contribution in [1.29, 1.82) is 0 Å². The Kier molecular flexibility index (Phi) is 8.12. The molecule has 1 amide bonds. The van der Waals surface area contributed by atoms with Crippen molar-refractivity contribution >= 4 is 17.7 Å². The number of carbonyl (C=O) groups is 1. The average molecular weight is 473 g/mol. The number of aromatic nitrogens is 3. The number of nitrogens with zero attached hydrogens (tertiary/aromatic N) is 3. The Hall–Kier alpha value is -3.42. The molecule has 1 atom stereocenters. The third-order valence-corrected chi connectivity index (χ3v) is 6.46. The minimum atomic E-state index is -0.0934. The number of nitrogens with one attached hydrogen (secondary N) is 1. The molecular formula is C27H28N4O2S. The van der Waals surface area contributed by atoms with Crippen molar-refractivity contribution in [2.75, 3.05) is 19.5 Å². The summed E-state index contributed by atoms with van der Waals surface area (Å²) < 4.78 is 7.26. The zero-order chi connectivity index (χ0) is 23.8. The van der Waals surface area contributed by atoms with Crippen LogP contribution in [0.2, 0.25) is 0 Å². The summed E-state index contributed by atoms with van der Waals surface area (Å²) in [6.07, 6.45) is 0. The van der Waals surface area contributed by atoms with E-state index >= 15 is 0 Å². The van der Waals surface area contributed by atoms with Gasteiger partial charge in [-0.25, -0.2) is 0 Å². The second kappa shape index (κ2) is 11.6. The van der Waals surface area contributed by atoms with E-state index < -0.39 is 0 Å². The van der Waals surface area contributed by atoms with E-state index in [9.17, 15) is 4.79 Å². The Morgan fingerprint density at radius 2 is 1.53 bits per heavy atom. The van der Waals surface area contributed by atoms with E-state index in [1.165, 1.54) is 17.3 Å².